The van der Waals surface area contributed by atoms with E-state index in [4.69, 9.17) is 0 Å². The fourth-order valence-corrected chi connectivity index (χ4v) is 1.99. The lowest BCUT2D eigenvalue weighted by atomic mass is 10.1. The van der Waals surface area contributed by atoms with E-state index in [1.165, 1.54) is 12.8 Å². The zero-order chi connectivity index (χ0) is 10.7. The summed E-state index contributed by atoms with van der Waals surface area (Å²) < 4.78 is 0. The van der Waals surface area contributed by atoms with Crippen LogP contribution in [-0.4, -0.2) is 41.8 Å². The average Bonchev–Trinajstić information content (AvgIpc) is 2.89. The van der Waals surface area contributed by atoms with E-state index in [1.54, 1.807) is 6.20 Å². The highest BCUT2D eigenvalue weighted by atomic mass is 15.1. The van der Waals surface area contributed by atoms with Crippen molar-refractivity contribution in [1.82, 2.24) is 20.4 Å². The Morgan fingerprint density at radius 1 is 1.60 bits per heavy atom. The van der Waals surface area contributed by atoms with E-state index in [2.05, 4.69) is 34.5 Å². The lowest BCUT2D eigenvalue weighted by molar-refractivity contribution is 0.255. The molecule has 1 aliphatic rings. The van der Waals surface area contributed by atoms with Gasteiger partial charge in [-0.15, -0.1) is 0 Å². The number of hydrogen-bond donors (Lipinski definition) is 2. The van der Waals surface area contributed by atoms with Gasteiger partial charge in [0.05, 0.1) is 0 Å². The molecule has 0 amide bonds. The molecule has 84 valence electrons. The maximum atomic E-state index is 3.93. The molecule has 2 rings (SSSR count). The third-order valence-corrected chi connectivity index (χ3v) is 3.06. The van der Waals surface area contributed by atoms with Gasteiger partial charge < -0.3 is 10.2 Å². The number of aromatic nitrogens is 2. The molecular weight excluding hydrogens is 188 g/mol. The fraction of sp³-hybridized carbons (Fsp3) is 0.727. The SMILES string of the molecule is CN(C)C(CNCc1ccn[nH]1)C1CC1. The van der Waals surface area contributed by atoms with Gasteiger partial charge in [0.25, 0.3) is 0 Å². The van der Waals surface area contributed by atoms with E-state index in [1.807, 2.05) is 6.07 Å². The molecule has 4 nitrogen and oxygen atoms in total. The summed E-state index contributed by atoms with van der Waals surface area (Å²) in [5.74, 6) is 0.911. The van der Waals surface area contributed by atoms with Crippen LogP contribution in [0.15, 0.2) is 12.3 Å². The Morgan fingerprint density at radius 2 is 2.40 bits per heavy atom. The van der Waals surface area contributed by atoms with Gasteiger partial charge in [-0.25, -0.2) is 0 Å². The van der Waals surface area contributed by atoms with Crippen LogP contribution >= 0.6 is 0 Å². The maximum absolute atomic E-state index is 3.93. The second-order valence-corrected chi connectivity index (χ2v) is 4.58. The highest BCUT2D eigenvalue weighted by molar-refractivity contribution is 4.97. The zero-order valence-corrected chi connectivity index (χ0v) is 9.53. The molecular formula is C11H20N4. The lowest BCUT2D eigenvalue weighted by Gasteiger charge is -2.24. The molecule has 0 spiro atoms. The van der Waals surface area contributed by atoms with Gasteiger partial charge in [-0.3, -0.25) is 5.10 Å². The van der Waals surface area contributed by atoms with Crippen molar-refractivity contribution in [3.63, 3.8) is 0 Å². The van der Waals surface area contributed by atoms with E-state index in [0.29, 0.717) is 6.04 Å². The van der Waals surface area contributed by atoms with Crippen LogP contribution in [0.5, 0.6) is 0 Å². The molecule has 0 aromatic carbocycles. The predicted octanol–water partition coefficient (Wildman–Crippen LogP) is 0.839. The number of likely N-dealkylation sites (N-methyl/N-ethyl adjacent to an activating group) is 1. The van der Waals surface area contributed by atoms with Crippen LogP contribution in [0.2, 0.25) is 0 Å². The molecule has 4 heteroatoms. The Hall–Kier alpha value is -0.870. The van der Waals surface area contributed by atoms with Gasteiger partial charge >= 0.3 is 0 Å². The second-order valence-electron chi connectivity index (χ2n) is 4.58. The molecule has 1 saturated carbocycles. The molecule has 1 fully saturated rings. The van der Waals surface area contributed by atoms with Crippen molar-refractivity contribution in [2.24, 2.45) is 5.92 Å². The summed E-state index contributed by atoms with van der Waals surface area (Å²) in [7, 11) is 4.34. The molecule has 1 unspecified atom stereocenters. The first-order chi connectivity index (χ1) is 7.27. The summed E-state index contributed by atoms with van der Waals surface area (Å²) in [6, 6.07) is 2.70. The highest BCUT2D eigenvalue weighted by Crippen LogP contribution is 2.34. The van der Waals surface area contributed by atoms with Gasteiger partial charge in [0.2, 0.25) is 0 Å². The molecule has 2 N–H and O–H groups in total. The quantitative estimate of drug-likeness (QED) is 0.728. The minimum atomic E-state index is 0.688. The average molecular weight is 208 g/mol. The molecule has 0 radical (unpaired) electrons. The summed E-state index contributed by atoms with van der Waals surface area (Å²) in [5, 5.41) is 10.4. The van der Waals surface area contributed by atoms with E-state index in [0.717, 1.165) is 24.7 Å². The van der Waals surface area contributed by atoms with Crippen LogP contribution in [-0.2, 0) is 6.54 Å². The van der Waals surface area contributed by atoms with Crippen molar-refractivity contribution < 1.29 is 0 Å². The number of rotatable bonds is 6. The fourth-order valence-electron chi connectivity index (χ4n) is 1.99. The van der Waals surface area contributed by atoms with Crippen LogP contribution in [0.3, 0.4) is 0 Å². The number of hydrogen-bond acceptors (Lipinski definition) is 3. The number of nitrogens with one attached hydrogen (secondary N) is 2. The number of aromatic amines is 1. The van der Waals surface area contributed by atoms with Crippen LogP contribution in [0.25, 0.3) is 0 Å². The van der Waals surface area contributed by atoms with Crippen molar-refractivity contribution in [2.45, 2.75) is 25.4 Å². The minimum absolute atomic E-state index is 0.688. The van der Waals surface area contributed by atoms with Crippen LogP contribution in [0, 0.1) is 5.92 Å². The largest absolute Gasteiger partial charge is 0.310 e. The predicted molar refractivity (Wildman–Crippen MR) is 60.5 cm³/mol. The summed E-state index contributed by atoms with van der Waals surface area (Å²) in [5.41, 5.74) is 1.16. The molecule has 1 aliphatic carbocycles. The summed E-state index contributed by atoms with van der Waals surface area (Å²) in [4.78, 5) is 2.33. The van der Waals surface area contributed by atoms with Crippen molar-refractivity contribution in [1.29, 1.82) is 0 Å². The van der Waals surface area contributed by atoms with Gasteiger partial charge in [-0.1, -0.05) is 0 Å². The van der Waals surface area contributed by atoms with E-state index >= 15 is 0 Å². The van der Waals surface area contributed by atoms with Crippen molar-refractivity contribution in [2.75, 3.05) is 20.6 Å². The van der Waals surface area contributed by atoms with Gasteiger partial charge in [0.1, 0.15) is 0 Å². The zero-order valence-electron chi connectivity index (χ0n) is 9.53. The van der Waals surface area contributed by atoms with Crippen molar-refractivity contribution >= 4 is 0 Å². The van der Waals surface area contributed by atoms with Crippen LogP contribution < -0.4 is 5.32 Å². The first-order valence-electron chi connectivity index (χ1n) is 5.63. The van der Waals surface area contributed by atoms with Crippen molar-refractivity contribution in [3.8, 4) is 0 Å². The summed E-state index contributed by atoms with van der Waals surface area (Å²) in [6.07, 6.45) is 4.59. The molecule has 1 heterocycles. The Kier molecular flexibility index (Phi) is 3.38. The van der Waals surface area contributed by atoms with Crippen LogP contribution in [0.1, 0.15) is 18.5 Å². The third-order valence-electron chi connectivity index (χ3n) is 3.06. The number of nitrogens with zero attached hydrogens (tertiary/aromatic N) is 2. The van der Waals surface area contributed by atoms with Gasteiger partial charge in [-0.2, -0.15) is 5.10 Å². The lowest BCUT2D eigenvalue weighted by Crippen LogP contribution is -2.39. The monoisotopic (exact) mass is 208 g/mol. The number of H-pyrrole nitrogens is 1. The highest BCUT2D eigenvalue weighted by Gasteiger charge is 2.31. The molecule has 1 aromatic heterocycles. The maximum Gasteiger partial charge on any atom is 0.0490 e. The molecule has 1 aromatic rings. The molecule has 0 saturated heterocycles. The normalized spacial score (nSPS) is 18.3. The topological polar surface area (TPSA) is 44.0 Å². The third kappa shape index (κ3) is 3.04. The molecule has 0 aliphatic heterocycles. The van der Waals surface area contributed by atoms with E-state index < -0.39 is 0 Å². The standard InChI is InChI=1S/C11H20N4/c1-15(2)11(9-3-4-9)8-12-7-10-5-6-13-14-10/h5-6,9,11-12H,3-4,7-8H2,1-2H3,(H,13,14). The Morgan fingerprint density at radius 3 is 2.93 bits per heavy atom. The van der Waals surface area contributed by atoms with Crippen molar-refractivity contribution in [3.05, 3.63) is 18.0 Å². The molecule has 0 bridgehead atoms. The van der Waals surface area contributed by atoms with E-state index in [-0.39, 0.29) is 0 Å². The smallest absolute Gasteiger partial charge is 0.0490 e. The first kappa shape index (κ1) is 10.6. The Labute approximate surface area is 91.1 Å². The second kappa shape index (κ2) is 4.77. The Bertz CT molecular complexity index is 275. The van der Waals surface area contributed by atoms with Gasteiger partial charge in [0.15, 0.2) is 0 Å². The van der Waals surface area contributed by atoms with Gasteiger partial charge in [-0.05, 0) is 38.9 Å². The Balaban J connectivity index is 1.71. The summed E-state index contributed by atoms with van der Waals surface area (Å²) in [6.45, 7) is 1.95. The van der Waals surface area contributed by atoms with Crippen LogP contribution in [0.4, 0.5) is 0 Å². The summed E-state index contributed by atoms with van der Waals surface area (Å²) >= 11 is 0. The van der Waals surface area contributed by atoms with Gasteiger partial charge in [0, 0.05) is 31.0 Å². The molecule has 1 atom stereocenters. The first-order valence-corrected chi connectivity index (χ1v) is 5.63. The molecule has 15 heavy (non-hydrogen) atoms. The van der Waals surface area contributed by atoms with E-state index in [9.17, 15) is 0 Å². The minimum Gasteiger partial charge on any atom is -0.310 e.